The maximum atomic E-state index is 11.9. The molecule has 3 atom stereocenters. The molecule has 2 aliphatic rings. The molecule has 2 fully saturated rings. The number of carbonyl (C=O) groups is 1. The Labute approximate surface area is 92.0 Å². The van der Waals surface area contributed by atoms with Gasteiger partial charge in [0.05, 0.1) is 5.92 Å². The van der Waals surface area contributed by atoms with Crippen LogP contribution in [0.2, 0.25) is 0 Å². The van der Waals surface area contributed by atoms with Crippen molar-refractivity contribution in [2.24, 2.45) is 11.3 Å². The van der Waals surface area contributed by atoms with Crippen molar-refractivity contribution in [1.82, 2.24) is 10.6 Å². The molecular formula is C12H22N2O. The summed E-state index contributed by atoms with van der Waals surface area (Å²) >= 11 is 0. The van der Waals surface area contributed by atoms with Crippen molar-refractivity contribution in [1.29, 1.82) is 0 Å². The molecule has 15 heavy (non-hydrogen) atoms. The zero-order chi connectivity index (χ0) is 11.1. The number of carbonyl (C=O) groups excluding carboxylic acids is 1. The third-order valence-corrected chi connectivity index (χ3v) is 3.43. The summed E-state index contributed by atoms with van der Waals surface area (Å²) in [6.07, 6.45) is 3.48. The molecule has 0 aromatic heterocycles. The number of hydrogen-bond donors (Lipinski definition) is 2. The first-order valence-corrected chi connectivity index (χ1v) is 5.99. The molecule has 0 aromatic rings. The minimum absolute atomic E-state index is 0.181. The number of hydrogen-bond acceptors (Lipinski definition) is 2. The fraction of sp³-hybridized carbons (Fsp3) is 0.917. The quantitative estimate of drug-likeness (QED) is 0.721. The molecule has 2 saturated heterocycles. The molecule has 1 amide bonds. The lowest BCUT2D eigenvalue weighted by Gasteiger charge is -2.23. The summed E-state index contributed by atoms with van der Waals surface area (Å²) in [5.74, 6) is 0.482. The maximum absolute atomic E-state index is 11.9. The highest BCUT2D eigenvalue weighted by atomic mass is 16.1. The Morgan fingerprint density at radius 3 is 2.60 bits per heavy atom. The number of fused-ring (bicyclic) bond motifs is 2. The molecule has 2 rings (SSSR count). The van der Waals surface area contributed by atoms with Crippen LogP contribution in [0.3, 0.4) is 0 Å². The summed E-state index contributed by atoms with van der Waals surface area (Å²) in [5, 5.41) is 6.57. The molecule has 0 saturated carbocycles. The zero-order valence-electron chi connectivity index (χ0n) is 9.97. The Hall–Kier alpha value is -0.570. The van der Waals surface area contributed by atoms with E-state index in [1.54, 1.807) is 0 Å². The number of amides is 1. The molecule has 3 heteroatoms. The summed E-state index contributed by atoms with van der Waals surface area (Å²) in [5.41, 5.74) is 0.181. The highest BCUT2D eigenvalue weighted by molar-refractivity contribution is 5.80. The summed E-state index contributed by atoms with van der Waals surface area (Å²) < 4.78 is 0. The molecule has 2 N–H and O–H groups in total. The second-order valence-corrected chi connectivity index (χ2v) is 6.17. The van der Waals surface area contributed by atoms with E-state index in [0.717, 1.165) is 13.0 Å². The van der Waals surface area contributed by atoms with Crippen molar-refractivity contribution < 1.29 is 4.79 Å². The van der Waals surface area contributed by atoms with Gasteiger partial charge in [-0.1, -0.05) is 20.8 Å². The fourth-order valence-electron chi connectivity index (χ4n) is 2.60. The Bertz CT molecular complexity index is 257. The van der Waals surface area contributed by atoms with Crippen LogP contribution in [0.1, 0.15) is 40.0 Å². The van der Waals surface area contributed by atoms with Crippen molar-refractivity contribution in [3.05, 3.63) is 0 Å². The SMILES string of the molecule is CC(C)(C)CNC(=O)C1CC2CCC1N2. The Morgan fingerprint density at radius 2 is 2.13 bits per heavy atom. The van der Waals surface area contributed by atoms with Crippen LogP contribution in [-0.2, 0) is 4.79 Å². The van der Waals surface area contributed by atoms with E-state index < -0.39 is 0 Å². The molecule has 3 nitrogen and oxygen atoms in total. The second-order valence-electron chi connectivity index (χ2n) is 6.17. The molecule has 0 radical (unpaired) electrons. The highest BCUT2D eigenvalue weighted by Gasteiger charge is 2.42. The van der Waals surface area contributed by atoms with Gasteiger partial charge in [0.15, 0.2) is 0 Å². The first-order chi connectivity index (χ1) is 6.96. The molecule has 86 valence electrons. The molecular weight excluding hydrogens is 188 g/mol. The summed E-state index contributed by atoms with van der Waals surface area (Å²) in [4.78, 5) is 11.9. The van der Waals surface area contributed by atoms with Crippen LogP contribution in [0.15, 0.2) is 0 Å². The van der Waals surface area contributed by atoms with E-state index in [1.165, 1.54) is 12.8 Å². The number of rotatable bonds is 2. The minimum atomic E-state index is 0.181. The van der Waals surface area contributed by atoms with Crippen molar-refractivity contribution in [2.75, 3.05) is 6.54 Å². The monoisotopic (exact) mass is 210 g/mol. The average Bonchev–Trinajstić information content (AvgIpc) is 2.73. The smallest absolute Gasteiger partial charge is 0.224 e. The van der Waals surface area contributed by atoms with Crippen molar-refractivity contribution in [3.8, 4) is 0 Å². The topological polar surface area (TPSA) is 41.1 Å². The van der Waals surface area contributed by atoms with Crippen LogP contribution in [-0.4, -0.2) is 24.5 Å². The van der Waals surface area contributed by atoms with Gasteiger partial charge in [0, 0.05) is 18.6 Å². The van der Waals surface area contributed by atoms with Crippen molar-refractivity contribution in [3.63, 3.8) is 0 Å². The van der Waals surface area contributed by atoms with Gasteiger partial charge >= 0.3 is 0 Å². The van der Waals surface area contributed by atoms with Crippen LogP contribution >= 0.6 is 0 Å². The maximum Gasteiger partial charge on any atom is 0.224 e. The first kappa shape index (κ1) is 10.9. The second kappa shape index (κ2) is 3.78. The predicted octanol–water partition coefficient (Wildman–Crippen LogP) is 1.29. The molecule has 2 heterocycles. The van der Waals surface area contributed by atoms with Crippen molar-refractivity contribution >= 4 is 5.91 Å². The molecule has 2 bridgehead atoms. The molecule has 0 aliphatic carbocycles. The summed E-state index contributed by atoms with van der Waals surface area (Å²) in [6, 6.07) is 1.07. The van der Waals surface area contributed by atoms with Gasteiger partial charge in [-0.25, -0.2) is 0 Å². The average molecular weight is 210 g/mol. The first-order valence-electron chi connectivity index (χ1n) is 5.99. The van der Waals surface area contributed by atoms with Gasteiger partial charge in [-0.15, -0.1) is 0 Å². The minimum Gasteiger partial charge on any atom is -0.355 e. The van der Waals surface area contributed by atoms with E-state index in [4.69, 9.17) is 0 Å². The molecule has 3 unspecified atom stereocenters. The van der Waals surface area contributed by atoms with E-state index in [1.807, 2.05) is 0 Å². The van der Waals surface area contributed by atoms with Crippen LogP contribution in [0.5, 0.6) is 0 Å². The third kappa shape index (κ3) is 2.51. The van der Waals surface area contributed by atoms with Gasteiger partial charge in [-0.3, -0.25) is 4.79 Å². The standard InChI is InChI=1S/C12H22N2O/c1-12(2,3)7-13-11(15)9-6-8-4-5-10(9)14-8/h8-10,14H,4-7H2,1-3H3,(H,13,15). The van der Waals surface area contributed by atoms with Gasteiger partial charge < -0.3 is 10.6 Å². The predicted molar refractivity (Wildman–Crippen MR) is 60.5 cm³/mol. The Balaban J connectivity index is 1.82. The fourth-order valence-corrected chi connectivity index (χ4v) is 2.60. The van der Waals surface area contributed by atoms with Crippen LogP contribution in [0, 0.1) is 11.3 Å². The molecule has 2 aliphatic heterocycles. The van der Waals surface area contributed by atoms with E-state index in [0.29, 0.717) is 12.1 Å². The van der Waals surface area contributed by atoms with E-state index in [9.17, 15) is 4.79 Å². The summed E-state index contributed by atoms with van der Waals surface area (Å²) in [6.45, 7) is 7.21. The normalized spacial score (nSPS) is 34.5. The highest BCUT2D eigenvalue weighted by Crippen LogP contribution is 2.33. The third-order valence-electron chi connectivity index (χ3n) is 3.43. The van der Waals surface area contributed by atoms with Gasteiger partial charge in [0.1, 0.15) is 0 Å². The van der Waals surface area contributed by atoms with E-state index in [2.05, 4.69) is 31.4 Å². The largest absolute Gasteiger partial charge is 0.355 e. The van der Waals surface area contributed by atoms with Crippen LogP contribution in [0.25, 0.3) is 0 Å². The molecule has 0 aromatic carbocycles. The van der Waals surface area contributed by atoms with Gasteiger partial charge in [-0.05, 0) is 24.7 Å². The van der Waals surface area contributed by atoms with Gasteiger partial charge in [0.2, 0.25) is 5.91 Å². The Kier molecular flexibility index (Phi) is 2.75. The molecule has 0 spiro atoms. The Morgan fingerprint density at radius 1 is 1.40 bits per heavy atom. The lowest BCUT2D eigenvalue weighted by atomic mass is 9.88. The van der Waals surface area contributed by atoms with E-state index >= 15 is 0 Å². The van der Waals surface area contributed by atoms with E-state index in [-0.39, 0.29) is 17.2 Å². The summed E-state index contributed by atoms with van der Waals surface area (Å²) in [7, 11) is 0. The van der Waals surface area contributed by atoms with Crippen LogP contribution in [0.4, 0.5) is 0 Å². The van der Waals surface area contributed by atoms with Gasteiger partial charge in [-0.2, -0.15) is 0 Å². The number of nitrogens with one attached hydrogen (secondary N) is 2. The zero-order valence-corrected chi connectivity index (χ0v) is 9.97. The lowest BCUT2D eigenvalue weighted by molar-refractivity contribution is -0.125. The lowest BCUT2D eigenvalue weighted by Crippen LogP contribution is -2.40. The van der Waals surface area contributed by atoms with Crippen molar-refractivity contribution in [2.45, 2.75) is 52.1 Å². The van der Waals surface area contributed by atoms with Gasteiger partial charge in [0.25, 0.3) is 0 Å². The van der Waals surface area contributed by atoms with Crippen LogP contribution < -0.4 is 10.6 Å².